The van der Waals surface area contributed by atoms with E-state index in [4.69, 9.17) is 4.74 Å². The molecule has 2 aromatic heterocycles. The number of hydrogen-bond acceptors (Lipinski definition) is 10. The molecule has 0 spiro atoms. The van der Waals surface area contributed by atoms with Crippen molar-refractivity contribution < 1.29 is 9.84 Å². The Hall–Kier alpha value is -4.74. The van der Waals surface area contributed by atoms with E-state index in [-0.39, 0.29) is 11.8 Å². The van der Waals surface area contributed by atoms with Crippen LogP contribution in [0.15, 0.2) is 59.5 Å². The molecule has 1 saturated heterocycles. The molecule has 0 bridgehead atoms. The van der Waals surface area contributed by atoms with Gasteiger partial charge in [-0.15, -0.1) is 0 Å². The van der Waals surface area contributed by atoms with Crippen molar-refractivity contribution in [3.63, 3.8) is 0 Å². The minimum atomic E-state index is -0.556. The molecule has 1 fully saturated rings. The lowest BCUT2D eigenvalue weighted by atomic mass is 10.1. The largest absolute Gasteiger partial charge is 0.497 e. The normalized spacial score (nSPS) is 13.2. The molecular formula is C26H31N9O3. The van der Waals surface area contributed by atoms with Crippen molar-refractivity contribution in [3.8, 4) is 11.6 Å². The number of nitrogens with zero attached hydrogens (tertiary/aromatic N) is 5. The van der Waals surface area contributed by atoms with Crippen LogP contribution in [0.1, 0.15) is 30.4 Å². The number of hydrogen-bond donors (Lipinski definition) is 5. The summed E-state index contributed by atoms with van der Waals surface area (Å²) < 4.78 is 6.28. The van der Waals surface area contributed by atoms with Crippen molar-refractivity contribution in [1.29, 1.82) is 0 Å². The number of anilines is 4. The molecule has 0 radical (unpaired) electrons. The van der Waals surface area contributed by atoms with Crippen LogP contribution in [0.2, 0.25) is 0 Å². The SMILES string of the molecule is COc1ccc(CNc2nc(NCc3cccc(N4CCCCC4)c3)nc(Nn3cc(O)[nH]c3=O)n2)cc1. The molecule has 0 unspecified atom stereocenters. The zero-order valence-corrected chi connectivity index (χ0v) is 21.1. The minimum Gasteiger partial charge on any atom is -0.497 e. The van der Waals surface area contributed by atoms with Gasteiger partial charge in [0.2, 0.25) is 23.7 Å². The number of aromatic nitrogens is 5. The molecule has 38 heavy (non-hydrogen) atoms. The zero-order valence-electron chi connectivity index (χ0n) is 21.1. The molecule has 1 aliphatic heterocycles. The number of imidazole rings is 1. The number of rotatable bonds is 10. The van der Waals surface area contributed by atoms with E-state index >= 15 is 0 Å². The third-order valence-electron chi connectivity index (χ3n) is 6.25. The van der Waals surface area contributed by atoms with Crippen LogP contribution >= 0.6 is 0 Å². The third kappa shape index (κ3) is 6.33. The van der Waals surface area contributed by atoms with Crippen LogP contribution in [0.4, 0.5) is 23.5 Å². The Bertz CT molecular complexity index is 1410. The van der Waals surface area contributed by atoms with Crippen LogP contribution < -0.4 is 31.4 Å². The first-order chi connectivity index (χ1) is 18.6. The van der Waals surface area contributed by atoms with Gasteiger partial charge in [0, 0.05) is 31.9 Å². The number of benzene rings is 2. The Morgan fingerprint density at radius 3 is 2.26 bits per heavy atom. The molecule has 1 aliphatic rings. The first kappa shape index (κ1) is 24.9. The maximum absolute atomic E-state index is 12.0. The van der Waals surface area contributed by atoms with Crippen LogP contribution in [-0.2, 0) is 13.1 Å². The fourth-order valence-electron chi connectivity index (χ4n) is 4.28. The summed E-state index contributed by atoms with van der Waals surface area (Å²) in [5, 5.41) is 16.1. The van der Waals surface area contributed by atoms with E-state index in [1.165, 1.54) is 31.1 Å². The first-order valence-electron chi connectivity index (χ1n) is 12.5. The standard InChI is InChI=1S/C26H31N9O3/c1-38-21-10-8-18(9-11-21)15-27-23-30-24(32-25(31-23)33-35-17-22(36)29-26(35)37)28-16-19-6-5-7-20(14-19)34-12-3-2-4-13-34/h5-11,14,17,36H,2-4,12-13,15-16H2,1H3,(H,29,37)(H3,27,28,30,31,32,33). The van der Waals surface area contributed by atoms with E-state index in [1.807, 2.05) is 24.3 Å². The minimum absolute atomic E-state index is 0.128. The Morgan fingerprint density at radius 1 is 0.921 bits per heavy atom. The van der Waals surface area contributed by atoms with Crippen molar-refractivity contribution in [2.45, 2.75) is 32.4 Å². The van der Waals surface area contributed by atoms with E-state index in [1.54, 1.807) is 7.11 Å². The zero-order chi connectivity index (χ0) is 26.3. The van der Waals surface area contributed by atoms with Crippen LogP contribution in [0, 0.1) is 0 Å². The van der Waals surface area contributed by atoms with Crippen molar-refractivity contribution in [2.75, 3.05) is 41.2 Å². The van der Waals surface area contributed by atoms with E-state index in [0.29, 0.717) is 25.0 Å². The summed E-state index contributed by atoms with van der Waals surface area (Å²) in [6.07, 6.45) is 4.93. The average molecular weight is 518 g/mol. The molecule has 198 valence electrons. The summed E-state index contributed by atoms with van der Waals surface area (Å²) in [7, 11) is 1.63. The molecule has 0 amide bonds. The highest BCUT2D eigenvalue weighted by Crippen LogP contribution is 2.21. The lowest BCUT2D eigenvalue weighted by Crippen LogP contribution is -2.29. The monoisotopic (exact) mass is 517 g/mol. The Kier molecular flexibility index (Phi) is 7.57. The third-order valence-corrected chi connectivity index (χ3v) is 6.25. The van der Waals surface area contributed by atoms with Crippen molar-refractivity contribution in [1.82, 2.24) is 24.6 Å². The first-order valence-corrected chi connectivity index (χ1v) is 12.5. The van der Waals surface area contributed by atoms with Gasteiger partial charge in [0.25, 0.3) is 0 Å². The second kappa shape index (κ2) is 11.5. The Morgan fingerprint density at radius 2 is 1.61 bits per heavy atom. The van der Waals surface area contributed by atoms with Crippen LogP contribution in [0.3, 0.4) is 0 Å². The molecule has 3 heterocycles. The second-order valence-electron chi connectivity index (χ2n) is 9.01. The lowest BCUT2D eigenvalue weighted by molar-refractivity contribution is 0.414. The van der Waals surface area contributed by atoms with Gasteiger partial charge in [0.05, 0.1) is 13.3 Å². The summed E-state index contributed by atoms with van der Waals surface area (Å²) in [5.74, 6) is 1.27. The fraction of sp³-hybridized carbons (Fsp3) is 0.308. The molecule has 0 aliphatic carbocycles. The van der Waals surface area contributed by atoms with Crippen LogP contribution in [0.25, 0.3) is 0 Å². The van der Waals surface area contributed by atoms with Gasteiger partial charge in [0.15, 0.2) is 0 Å². The molecule has 4 aromatic rings. The topological polar surface area (TPSA) is 145 Å². The number of aromatic amines is 1. The van der Waals surface area contributed by atoms with E-state index in [9.17, 15) is 9.90 Å². The molecule has 5 N–H and O–H groups in total. The van der Waals surface area contributed by atoms with Gasteiger partial charge in [-0.1, -0.05) is 24.3 Å². The van der Waals surface area contributed by atoms with E-state index in [2.05, 4.69) is 65.2 Å². The summed E-state index contributed by atoms with van der Waals surface area (Å²) in [6, 6.07) is 16.1. The smallest absolute Gasteiger partial charge is 0.347 e. The Labute approximate surface area is 219 Å². The molecule has 0 atom stereocenters. The van der Waals surface area contributed by atoms with Gasteiger partial charge in [0.1, 0.15) is 5.75 Å². The molecule has 5 rings (SSSR count). The lowest BCUT2D eigenvalue weighted by Gasteiger charge is -2.29. The predicted molar refractivity (Wildman–Crippen MR) is 146 cm³/mol. The van der Waals surface area contributed by atoms with Gasteiger partial charge >= 0.3 is 5.69 Å². The highest BCUT2D eigenvalue weighted by Gasteiger charge is 2.12. The van der Waals surface area contributed by atoms with Gasteiger partial charge in [-0.25, -0.2) is 9.47 Å². The molecule has 2 aromatic carbocycles. The van der Waals surface area contributed by atoms with Gasteiger partial charge in [-0.05, 0) is 54.7 Å². The van der Waals surface area contributed by atoms with Crippen molar-refractivity contribution in [3.05, 3.63) is 76.3 Å². The summed E-state index contributed by atoms with van der Waals surface area (Å²) in [4.78, 5) is 30.0. The number of piperidine rings is 1. The summed E-state index contributed by atoms with van der Waals surface area (Å²) >= 11 is 0. The van der Waals surface area contributed by atoms with Gasteiger partial charge in [-0.3, -0.25) is 10.4 Å². The summed E-state index contributed by atoms with van der Waals surface area (Å²) in [5.41, 5.74) is 5.56. The number of H-pyrrole nitrogens is 1. The number of methoxy groups -OCH3 is 1. The van der Waals surface area contributed by atoms with Crippen molar-refractivity contribution in [2.24, 2.45) is 0 Å². The fourth-order valence-corrected chi connectivity index (χ4v) is 4.28. The molecule has 12 nitrogen and oxygen atoms in total. The average Bonchev–Trinajstić information content (AvgIpc) is 3.27. The highest BCUT2D eigenvalue weighted by atomic mass is 16.5. The predicted octanol–water partition coefficient (Wildman–Crippen LogP) is 3.17. The molecule has 0 saturated carbocycles. The second-order valence-corrected chi connectivity index (χ2v) is 9.01. The maximum Gasteiger partial charge on any atom is 0.347 e. The Balaban J connectivity index is 1.33. The quantitative estimate of drug-likeness (QED) is 0.213. The van der Waals surface area contributed by atoms with Crippen LogP contribution in [0.5, 0.6) is 11.6 Å². The number of nitrogens with one attached hydrogen (secondary N) is 4. The number of aromatic hydroxyl groups is 1. The highest BCUT2D eigenvalue weighted by molar-refractivity contribution is 5.50. The van der Waals surface area contributed by atoms with E-state index < -0.39 is 5.69 Å². The summed E-state index contributed by atoms with van der Waals surface area (Å²) in [6.45, 7) is 3.14. The molecular weight excluding hydrogens is 486 g/mol. The number of ether oxygens (including phenoxy) is 1. The molecule has 12 heteroatoms. The van der Waals surface area contributed by atoms with Gasteiger partial charge < -0.3 is 25.4 Å². The van der Waals surface area contributed by atoms with E-state index in [0.717, 1.165) is 34.6 Å². The van der Waals surface area contributed by atoms with Gasteiger partial charge in [-0.2, -0.15) is 15.0 Å². The van der Waals surface area contributed by atoms with Crippen molar-refractivity contribution >= 4 is 23.5 Å². The maximum atomic E-state index is 12.0. The van der Waals surface area contributed by atoms with Crippen LogP contribution in [-0.4, -0.2) is 49.9 Å².